The van der Waals surface area contributed by atoms with Gasteiger partial charge in [-0.2, -0.15) is 8.17 Å². The van der Waals surface area contributed by atoms with Gasteiger partial charge in [0.2, 0.25) is 7.33 Å². The molecule has 0 bridgehead atoms. The molecule has 0 fully saturated rings. The SMILES string of the molecule is Cn1c(=O)n(SC(Cl)(Cl)C(Cl)Cl)n(SC(Cl)(Cl)C(Cl)Cl)c1=O. The maximum Gasteiger partial charge on any atom is 0.358 e. The molecule has 0 spiro atoms. The Labute approximate surface area is 173 Å². The topological polar surface area (TPSA) is 48.9 Å². The van der Waals surface area contributed by atoms with E-state index in [1.54, 1.807) is 0 Å². The number of hydrogen-bond acceptors (Lipinski definition) is 4. The van der Waals surface area contributed by atoms with Crippen LogP contribution in [0, 0.1) is 0 Å². The Bertz CT molecular complexity index is 598. The largest absolute Gasteiger partial charge is 0.358 e. The van der Waals surface area contributed by atoms with E-state index in [0.29, 0.717) is 23.9 Å². The summed E-state index contributed by atoms with van der Waals surface area (Å²) in [5.41, 5.74) is -1.54. The predicted octanol–water partition coefficient (Wildman–Crippen LogP) is 4.21. The molecule has 1 aromatic rings. The Morgan fingerprint density at radius 1 is 0.818 bits per heavy atom. The van der Waals surface area contributed by atoms with Crippen LogP contribution in [0.2, 0.25) is 0 Å². The molecule has 0 unspecified atom stereocenters. The maximum absolute atomic E-state index is 12.1. The molecule has 0 N–H and O–H groups in total. The molecule has 0 aromatic carbocycles. The van der Waals surface area contributed by atoms with Gasteiger partial charge in [-0.25, -0.2) is 14.2 Å². The fourth-order valence-corrected chi connectivity index (χ4v) is 3.73. The van der Waals surface area contributed by atoms with Gasteiger partial charge < -0.3 is 0 Å². The Kier molecular flexibility index (Phi) is 7.90. The number of halogens is 8. The highest BCUT2D eigenvalue weighted by atomic mass is 35.6. The summed E-state index contributed by atoms with van der Waals surface area (Å²) < 4.78 is -1.30. The van der Waals surface area contributed by atoms with Crippen molar-refractivity contribution in [3.8, 4) is 0 Å². The first kappa shape index (κ1) is 21.8. The zero-order valence-electron chi connectivity index (χ0n) is 10.2. The average molecular weight is 511 g/mol. The Hall–Kier alpha value is 1.76. The van der Waals surface area contributed by atoms with Crippen molar-refractivity contribution in [2.24, 2.45) is 7.05 Å². The van der Waals surface area contributed by atoms with E-state index in [1.165, 1.54) is 7.05 Å². The molecule has 0 aliphatic rings. The zero-order valence-corrected chi connectivity index (χ0v) is 17.8. The summed E-state index contributed by atoms with van der Waals surface area (Å²) in [4.78, 5) is 21.6. The highest BCUT2D eigenvalue weighted by Gasteiger charge is 2.40. The summed E-state index contributed by atoms with van der Waals surface area (Å²) in [5, 5.41) is 0. The average Bonchev–Trinajstić information content (AvgIpc) is 2.55. The second-order valence-electron chi connectivity index (χ2n) is 3.58. The number of aromatic nitrogens is 3. The van der Waals surface area contributed by atoms with Crippen molar-refractivity contribution >= 4 is 117 Å². The van der Waals surface area contributed by atoms with E-state index in [1.807, 2.05) is 0 Å². The summed E-state index contributed by atoms with van der Waals surface area (Å²) in [5.74, 6) is 0. The van der Waals surface area contributed by atoms with Gasteiger partial charge in [-0.3, -0.25) is 0 Å². The maximum atomic E-state index is 12.1. The molecule has 0 saturated heterocycles. The number of nitrogens with zero attached hydrogens (tertiary/aromatic N) is 3. The van der Waals surface area contributed by atoms with Gasteiger partial charge in [0.25, 0.3) is 0 Å². The van der Waals surface area contributed by atoms with Crippen LogP contribution in [0.15, 0.2) is 9.59 Å². The first-order valence-electron chi connectivity index (χ1n) is 4.93. The molecule has 1 heterocycles. The fourth-order valence-electron chi connectivity index (χ4n) is 0.956. The summed E-state index contributed by atoms with van der Waals surface area (Å²) in [6, 6.07) is 0. The van der Waals surface area contributed by atoms with Crippen molar-refractivity contribution in [2.75, 3.05) is 0 Å². The molecule has 5 nitrogen and oxygen atoms in total. The van der Waals surface area contributed by atoms with Crippen molar-refractivity contribution in [3.63, 3.8) is 0 Å². The Morgan fingerprint density at radius 3 is 1.32 bits per heavy atom. The van der Waals surface area contributed by atoms with Crippen LogP contribution in [-0.4, -0.2) is 29.7 Å². The van der Waals surface area contributed by atoms with Gasteiger partial charge in [-0.05, 0) is 0 Å². The molecule has 0 radical (unpaired) electrons. The van der Waals surface area contributed by atoms with E-state index in [9.17, 15) is 9.59 Å². The molecule has 128 valence electrons. The van der Waals surface area contributed by atoms with E-state index < -0.39 is 28.4 Å². The molecular weight excluding hydrogens is 506 g/mol. The van der Waals surface area contributed by atoms with Crippen LogP contribution in [0.1, 0.15) is 0 Å². The van der Waals surface area contributed by atoms with Gasteiger partial charge in [0.1, 0.15) is 0 Å². The van der Waals surface area contributed by atoms with Crippen LogP contribution >= 0.6 is 117 Å². The molecular formula is C7H5Cl8N3O2S2. The van der Waals surface area contributed by atoms with E-state index >= 15 is 0 Å². The van der Waals surface area contributed by atoms with Gasteiger partial charge in [-0.1, -0.05) is 46.4 Å². The summed E-state index contributed by atoms with van der Waals surface area (Å²) in [7, 11) is 1.23. The summed E-state index contributed by atoms with van der Waals surface area (Å²) in [6.45, 7) is 0. The number of rotatable bonds is 6. The second kappa shape index (κ2) is 7.98. The van der Waals surface area contributed by atoms with E-state index in [4.69, 9.17) is 92.8 Å². The molecule has 0 atom stereocenters. The van der Waals surface area contributed by atoms with E-state index in [0.717, 1.165) is 12.7 Å². The molecule has 0 saturated carbocycles. The third-order valence-electron chi connectivity index (χ3n) is 1.99. The van der Waals surface area contributed by atoms with Gasteiger partial charge in [0.05, 0.1) is 0 Å². The lowest BCUT2D eigenvalue weighted by Gasteiger charge is -2.23. The minimum Gasteiger partial charge on any atom is -0.245 e. The zero-order chi connectivity index (χ0) is 17.5. The smallest absolute Gasteiger partial charge is 0.245 e. The third-order valence-corrected chi connectivity index (χ3v) is 8.46. The summed E-state index contributed by atoms with van der Waals surface area (Å²) >= 11 is 47.1. The monoisotopic (exact) mass is 507 g/mol. The fraction of sp³-hybridized carbons (Fsp3) is 0.714. The molecule has 0 aliphatic carbocycles. The van der Waals surface area contributed by atoms with Gasteiger partial charge in [0, 0.05) is 30.9 Å². The second-order valence-corrected chi connectivity index (χ2v) is 11.8. The lowest BCUT2D eigenvalue weighted by atomic mass is 10.9. The van der Waals surface area contributed by atoms with Crippen LogP contribution < -0.4 is 11.4 Å². The van der Waals surface area contributed by atoms with Crippen molar-refractivity contribution < 1.29 is 0 Å². The molecule has 1 aromatic heterocycles. The van der Waals surface area contributed by atoms with Crippen molar-refractivity contribution in [2.45, 2.75) is 17.0 Å². The first-order valence-corrected chi connectivity index (χ1v) is 9.73. The van der Waals surface area contributed by atoms with Crippen LogP contribution in [0.4, 0.5) is 0 Å². The van der Waals surface area contributed by atoms with Crippen molar-refractivity contribution in [3.05, 3.63) is 21.0 Å². The number of hydrogen-bond donors (Lipinski definition) is 0. The molecule has 1 rings (SSSR count). The predicted molar refractivity (Wildman–Crippen MR) is 99.8 cm³/mol. The Balaban J connectivity index is 3.38. The molecule has 0 aliphatic heterocycles. The first-order chi connectivity index (χ1) is 9.81. The highest BCUT2D eigenvalue weighted by molar-refractivity contribution is 8.04. The Morgan fingerprint density at radius 2 is 1.09 bits per heavy atom. The standard InChI is InChI=1S/C7H5Cl8N3O2S2/c1-16-4(19)17(21-6(12,13)2(8)9)18(5(16)20)22-7(14,15)3(10)11/h2-3H,1H3. The van der Waals surface area contributed by atoms with Crippen LogP contribution in [0.25, 0.3) is 0 Å². The molecule has 22 heavy (non-hydrogen) atoms. The number of alkyl halides is 8. The quantitative estimate of drug-likeness (QED) is 0.538. The van der Waals surface area contributed by atoms with Crippen LogP contribution in [-0.2, 0) is 7.05 Å². The van der Waals surface area contributed by atoms with E-state index in [2.05, 4.69) is 0 Å². The minimum atomic E-state index is -1.83. The molecule has 0 amide bonds. The minimum absolute atomic E-state index is 0.484. The normalized spacial score (nSPS) is 13.4. The molecule has 15 heteroatoms. The lowest BCUT2D eigenvalue weighted by Crippen LogP contribution is -2.30. The van der Waals surface area contributed by atoms with Crippen molar-refractivity contribution in [1.82, 2.24) is 12.7 Å². The van der Waals surface area contributed by atoms with Gasteiger partial charge >= 0.3 is 11.4 Å². The summed E-state index contributed by atoms with van der Waals surface area (Å²) in [6.07, 6.45) is 0. The van der Waals surface area contributed by atoms with Gasteiger partial charge in [-0.15, -0.1) is 46.4 Å². The van der Waals surface area contributed by atoms with Crippen molar-refractivity contribution in [1.29, 1.82) is 0 Å². The third kappa shape index (κ3) is 4.90. The highest BCUT2D eigenvalue weighted by Crippen LogP contribution is 2.45. The van der Waals surface area contributed by atoms with Crippen LogP contribution in [0.5, 0.6) is 0 Å². The van der Waals surface area contributed by atoms with Crippen LogP contribution in [0.3, 0.4) is 0 Å². The lowest BCUT2D eigenvalue weighted by molar-refractivity contribution is 0.821. The van der Waals surface area contributed by atoms with Gasteiger partial charge in [0.15, 0.2) is 9.67 Å². The van der Waals surface area contributed by atoms with E-state index in [-0.39, 0.29) is 0 Å².